The van der Waals surface area contributed by atoms with Gasteiger partial charge in [-0.2, -0.15) is 0 Å². The standard InChI is InChI=1S/C37H42N4/c1-24(2)28-17-15-18-29(25(3)4)35(28)40-32-21-12-11-20-31(32)38-36(40)39-27(6)41(34-23-14-13-22-33(34)39)37(7,8)30-19-10-9-16-26(30)5/h9-25,27H,1-8H3. The van der Waals surface area contributed by atoms with Crippen LogP contribution >= 0.6 is 0 Å². The molecular weight excluding hydrogens is 500 g/mol. The summed E-state index contributed by atoms with van der Waals surface area (Å²) in [5.41, 5.74) is 10.9. The zero-order valence-electron chi connectivity index (χ0n) is 25.7. The normalized spacial score (nSPS) is 15.4. The van der Waals surface area contributed by atoms with Gasteiger partial charge in [-0.1, -0.05) is 94.4 Å². The van der Waals surface area contributed by atoms with Crippen molar-refractivity contribution in [2.45, 2.75) is 78.9 Å². The van der Waals surface area contributed by atoms with Gasteiger partial charge in [0.25, 0.3) is 0 Å². The van der Waals surface area contributed by atoms with Gasteiger partial charge >= 0.3 is 0 Å². The van der Waals surface area contributed by atoms with Crippen LogP contribution in [0.15, 0.2) is 91.0 Å². The molecule has 0 aliphatic carbocycles. The molecule has 1 aromatic heterocycles. The van der Waals surface area contributed by atoms with Gasteiger partial charge in [-0.25, -0.2) is 4.98 Å². The summed E-state index contributed by atoms with van der Waals surface area (Å²) in [6.07, 6.45) is 0.0336. The van der Waals surface area contributed by atoms with Gasteiger partial charge in [-0.3, -0.25) is 9.47 Å². The molecule has 0 bridgehead atoms. The number of benzene rings is 4. The maximum atomic E-state index is 5.39. The highest BCUT2D eigenvalue weighted by Gasteiger charge is 2.44. The average molecular weight is 543 g/mol. The number of aryl methyl sites for hydroxylation is 1. The van der Waals surface area contributed by atoms with Crippen molar-refractivity contribution in [1.82, 2.24) is 9.55 Å². The molecule has 210 valence electrons. The SMILES string of the molecule is Cc1ccccc1C(C)(C)N1c2ccccc2N(c2nc3ccccc3n2-c2c(C(C)C)cccc2C(C)C)C1C. The van der Waals surface area contributed by atoms with Crippen molar-refractivity contribution in [2.24, 2.45) is 0 Å². The molecule has 0 radical (unpaired) electrons. The largest absolute Gasteiger partial charge is 0.340 e. The lowest BCUT2D eigenvalue weighted by Gasteiger charge is -2.43. The van der Waals surface area contributed by atoms with E-state index in [1.807, 2.05) is 0 Å². The summed E-state index contributed by atoms with van der Waals surface area (Å²) in [4.78, 5) is 10.4. The molecule has 0 spiro atoms. The monoisotopic (exact) mass is 542 g/mol. The fraction of sp³-hybridized carbons (Fsp3) is 0.324. The quantitative estimate of drug-likeness (QED) is 0.213. The molecule has 1 aliphatic heterocycles. The van der Waals surface area contributed by atoms with Gasteiger partial charge in [0.05, 0.1) is 33.6 Å². The van der Waals surface area contributed by atoms with Crippen LogP contribution in [-0.2, 0) is 5.54 Å². The molecule has 1 unspecified atom stereocenters. The van der Waals surface area contributed by atoms with Gasteiger partial charge in [0.1, 0.15) is 6.17 Å². The molecule has 0 saturated carbocycles. The maximum Gasteiger partial charge on any atom is 0.217 e. The number of para-hydroxylation sites is 5. The minimum atomic E-state index is -0.245. The van der Waals surface area contributed by atoms with Crippen molar-refractivity contribution in [1.29, 1.82) is 0 Å². The molecule has 4 heteroatoms. The third-order valence-corrected chi connectivity index (χ3v) is 8.88. The van der Waals surface area contributed by atoms with E-state index in [1.165, 1.54) is 39.3 Å². The Morgan fingerprint density at radius 2 is 1.29 bits per heavy atom. The fourth-order valence-corrected chi connectivity index (χ4v) is 6.99. The van der Waals surface area contributed by atoms with Crippen LogP contribution < -0.4 is 9.80 Å². The highest BCUT2D eigenvalue weighted by molar-refractivity contribution is 5.89. The Balaban J connectivity index is 1.64. The Labute approximate surface area is 245 Å². The van der Waals surface area contributed by atoms with Crippen molar-refractivity contribution >= 4 is 28.4 Å². The lowest BCUT2D eigenvalue weighted by atomic mass is 9.88. The first-order valence-corrected chi connectivity index (χ1v) is 15.0. The molecule has 5 aromatic rings. The minimum Gasteiger partial charge on any atom is -0.340 e. The molecule has 4 aromatic carbocycles. The van der Waals surface area contributed by atoms with Crippen LogP contribution in [0.4, 0.5) is 17.3 Å². The third kappa shape index (κ3) is 4.23. The van der Waals surface area contributed by atoms with Crippen molar-refractivity contribution in [3.63, 3.8) is 0 Å². The highest BCUT2D eigenvalue weighted by atomic mass is 15.5. The predicted octanol–water partition coefficient (Wildman–Crippen LogP) is 9.82. The summed E-state index contributed by atoms with van der Waals surface area (Å²) >= 11 is 0. The Morgan fingerprint density at radius 3 is 1.95 bits per heavy atom. The van der Waals surface area contributed by atoms with E-state index in [4.69, 9.17) is 4.98 Å². The molecule has 0 N–H and O–H groups in total. The van der Waals surface area contributed by atoms with Gasteiger partial charge in [0.15, 0.2) is 0 Å². The number of nitrogens with zero attached hydrogens (tertiary/aromatic N) is 4. The van der Waals surface area contributed by atoms with Crippen LogP contribution in [0.25, 0.3) is 16.7 Å². The van der Waals surface area contributed by atoms with E-state index in [1.54, 1.807) is 0 Å². The molecule has 0 saturated heterocycles. The van der Waals surface area contributed by atoms with E-state index in [0.29, 0.717) is 11.8 Å². The molecule has 1 atom stereocenters. The molecule has 1 aliphatic rings. The van der Waals surface area contributed by atoms with Crippen LogP contribution in [-0.4, -0.2) is 15.7 Å². The van der Waals surface area contributed by atoms with Crippen molar-refractivity contribution < 1.29 is 0 Å². The molecular formula is C37H42N4. The van der Waals surface area contributed by atoms with Crippen molar-refractivity contribution in [2.75, 3.05) is 9.80 Å². The van der Waals surface area contributed by atoms with Crippen LogP contribution in [0.3, 0.4) is 0 Å². The van der Waals surface area contributed by atoms with E-state index in [9.17, 15) is 0 Å². The highest BCUT2D eigenvalue weighted by Crippen LogP contribution is 2.50. The van der Waals surface area contributed by atoms with E-state index >= 15 is 0 Å². The van der Waals surface area contributed by atoms with E-state index in [-0.39, 0.29) is 11.7 Å². The number of fused-ring (bicyclic) bond motifs is 2. The van der Waals surface area contributed by atoms with Gasteiger partial charge in [0.2, 0.25) is 5.95 Å². The Hall–Kier alpha value is -4.05. The first kappa shape index (κ1) is 27.1. The zero-order chi connectivity index (χ0) is 29.1. The summed E-state index contributed by atoms with van der Waals surface area (Å²) in [6.45, 7) is 18.4. The Morgan fingerprint density at radius 1 is 0.707 bits per heavy atom. The van der Waals surface area contributed by atoms with Gasteiger partial charge in [-0.05, 0) is 86.1 Å². The number of anilines is 3. The first-order chi connectivity index (χ1) is 19.6. The van der Waals surface area contributed by atoms with E-state index in [0.717, 1.165) is 17.0 Å². The zero-order valence-corrected chi connectivity index (χ0v) is 25.7. The Kier molecular flexibility index (Phi) is 6.68. The maximum absolute atomic E-state index is 5.39. The molecule has 6 rings (SSSR count). The minimum absolute atomic E-state index is 0.0336. The summed E-state index contributed by atoms with van der Waals surface area (Å²) in [7, 11) is 0. The lowest BCUT2D eigenvalue weighted by Crippen LogP contribution is -2.49. The summed E-state index contributed by atoms with van der Waals surface area (Å²) < 4.78 is 2.44. The van der Waals surface area contributed by atoms with Crippen LogP contribution in [0.1, 0.15) is 82.6 Å². The smallest absolute Gasteiger partial charge is 0.217 e. The summed E-state index contributed by atoms with van der Waals surface area (Å²) in [6, 6.07) is 33.0. The fourth-order valence-electron chi connectivity index (χ4n) is 6.99. The summed E-state index contributed by atoms with van der Waals surface area (Å²) in [5, 5.41) is 0. The topological polar surface area (TPSA) is 24.3 Å². The molecule has 4 nitrogen and oxygen atoms in total. The number of rotatable bonds is 6. The second-order valence-electron chi connectivity index (χ2n) is 12.6. The molecule has 2 heterocycles. The van der Waals surface area contributed by atoms with Crippen molar-refractivity contribution in [3.8, 4) is 5.69 Å². The van der Waals surface area contributed by atoms with Crippen LogP contribution in [0.2, 0.25) is 0 Å². The van der Waals surface area contributed by atoms with E-state index in [2.05, 4.69) is 161 Å². The second-order valence-corrected chi connectivity index (χ2v) is 12.6. The van der Waals surface area contributed by atoms with Gasteiger partial charge in [-0.15, -0.1) is 0 Å². The van der Waals surface area contributed by atoms with Crippen LogP contribution in [0.5, 0.6) is 0 Å². The van der Waals surface area contributed by atoms with Crippen molar-refractivity contribution in [3.05, 3.63) is 113 Å². The third-order valence-electron chi connectivity index (χ3n) is 8.88. The number of imidazole rings is 1. The van der Waals surface area contributed by atoms with Gasteiger partial charge in [0, 0.05) is 0 Å². The van der Waals surface area contributed by atoms with Gasteiger partial charge < -0.3 is 4.90 Å². The summed E-state index contributed by atoms with van der Waals surface area (Å²) in [5.74, 6) is 1.71. The first-order valence-electron chi connectivity index (χ1n) is 15.0. The molecule has 41 heavy (non-hydrogen) atoms. The number of hydrogen-bond acceptors (Lipinski definition) is 3. The molecule has 0 fully saturated rings. The lowest BCUT2D eigenvalue weighted by molar-refractivity contribution is 0.444. The van der Waals surface area contributed by atoms with Crippen LogP contribution in [0, 0.1) is 6.92 Å². The molecule has 0 amide bonds. The average Bonchev–Trinajstić information content (AvgIpc) is 3.46. The number of aromatic nitrogens is 2. The number of hydrogen-bond donors (Lipinski definition) is 0. The predicted molar refractivity (Wildman–Crippen MR) is 174 cm³/mol. The second kappa shape index (κ2) is 10.1. The van der Waals surface area contributed by atoms with E-state index < -0.39 is 0 Å². The Bertz CT molecular complexity index is 1700.